The van der Waals surface area contributed by atoms with E-state index in [2.05, 4.69) is 0 Å². The lowest BCUT2D eigenvalue weighted by molar-refractivity contribution is -0.0862. The SMILES string of the molecule is Fc1ccc2c(c1F)c1ccccc1[s+]2C(F)(F)F. The minimum absolute atomic E-state index is 0.00509. The maximum atomic E-state index is 13.8. The molecule has 1 heterocycles. The molecule has 19 heavy (non-hydrogen) atoms. The van der Waals surface area contributed by atoms with E-state index in [0.717, 1.165) is 12.1 Å². The molecule has 1 unspecified atom stereocenters. The van der Waals surface area contributed by atoms with Gasteiger partial charge in [-0.15, -0.1) is 13.2 Å². The smallest absolute Gasteiger partial charge is 0.204 e. The molecule has 98 valence electrons. The number of benzene rings is 2. The standard InChI is InChI=1S/C13H6F5S/c14-8-5-6-10-11(12(8)15)7-3-1-2-4-9(7)19(10)13(16,17)18/h1-6H/q+1. The van der Waals surface area contributed by atoms with E-state index >= 15 is 0 Å². The number of halogens is 5. The number of rotatable bonds is 0. The highest BCUT2D eigenvalue weighted by atomic mass is 32.2. The average molecular weight is 289 g/mol. The molecule has 1 atom stereocenters. The van der Waals surface area contributed by atoms with E-state index in [-0.39, 0.29) is 20.2 Å². The van der Waals surface area contributed by atoms with Crippen LogP contribution in [0.5, 0.6) is 0 Å². The molecule has 0 aliphatic carbocycles. The predicted molar refractivity (Wildman–Crippen MR) is 65.1 cm³/mol. The summed E-state index contributed by atoms with van der Waals surface area (Å²) in [5, 5.41) is -0.147. The minimum Gasteiger partial charge on any atom is -0.204 e. The largest absolute Gasteiger partial charge is 0.601 e. The molecule has 0 saturated carbocycles. The first-order valence-electron chi connectivity index (χ1n) is 5.30. The lowest BCUT2D eigenvalue weighted by atomic mass is 10.1. The molecule has 0 amide bonds. The van der Waals surface area contributed by atoms with Gasteiger partial charge < -0.3 is 0 Å². The third-order valence-corrected chi connectivity index (χ3v) is 4.92. The third-order valence-electron chi connectivity index (χ3n) is 2.88. The number of hydrogen-bond donors (Lipinski definition) is 0. The molecule has 0 saturated heterocycles. The molecule has 2 aromatic carbocycles. The van der Waals surface area contributed by atoms with Crippen molar-refractivity contribution >= 4 is 30.6 Å². The van der Waals surface area contributed by atoms with Crippen molar-refractivity contribution < 1.29 is 22.0 Å². The van der Waals surface area contributed by atoms with Crippen LogP contribution in [-0.2, 0) is 5.51 Å². The summed E-state index contributed by atoms with van der Waals surface area (Å²) in [5.41, 5.74) is -4.51. The van der Waals surface area contributed by atoms with Gasteiger partial charge in [0.15, 0.2) is 21.0 Å². The molecule has 0 fully saturated rings. The number of alkyl halides is 3. The molecular formula is C13H6F5S+. The summed E-state index contributed by atoms with van der Waals surface area (Å²) in [6.07, 6.45) is 0. The van der Waals surface area contributed by atoms with Crippen molar-refractivity contribution in [3.63, 3.8) is 0 Å². The van der Waals surface area contributed by atoms with Gasteiger partial charge in [-0.05, 0) is 18.2 Å². The van der Waals surface area contributed by atoms with Crippen LogP contribution in [0.3, 0.4) is 0 Å². The Labute approximate surface area is 107 Å². The van der Waals surface area contributed by atoms with Gasteiger partial charge in [-0.3, -0.25) is 0 Å². The van der Waals surface area contributed by atoms with Gasteiger partial charge in [0.2, 0.25) is 0 Å². The van der Waals surface area contributed by atoms with E-state index in [4.69, 9.17) is 0 Å². The Morgan fingerprint density at radius 3 is 2.21 bits per heavy atom. The summed E-state index contributed by atoms with van der Waals surface area (Å²) in [4.78, 5) is 0. The van der Waals surface area contributed by atoms with E-state index < -0.39 is 27.6 Å². The molecule has 0 N–H and O–H groups in total. The van der Waals surface area contributed by atoms with Crippen LogP contribution >= 0.6 is 10.5 Å². The van der Waals surface area contributed by atoms with Gasteiger partial charge in [0.05, 0.1) is 10.8 Å². The summed E-state index contributed by atoms with van der Waals surface area (Å²) < 4.78 is 66.3. The van der Waals surface area contributed by atoms with Crippen LogP contribution in [-0.4, -0.2) is 0 Å². The van der Waals surface area contributed by atoms with Crippen molar-refractivity contribution in [1.29, 1.82) is 0 Å². The summed E-state index contributed by atoms with van der Waals surface area (Å²) in [6, 6.07) is 7.43. The first-order chi connectivity index (χ1) is 8.91. The topological polar surface area (TPSA) is 0 Å². The van der Waals surface area contributed by atoms with Crippen LogP contribution < -0.4 is 0 Å². The molecular weight excluding hydrogens is 283 g/mol. The van der Waals surface area contributed by atoms with Gasteiger partial charge in [0, 0.05) is 6.07 Å². The Balaban J connectivity index is 2.64. The van der Waals surface area contributed by atoms with E-state index in [1.807, 2.05) is 0 Å². The zero-order valence-corrected chi connectivity index (χ0v) is 10.1. The predicted octanol–water partition coefficient (Wildman–Crippen LogP) is 5.50. The zero-order chi connectivity index (χ0) is 13.8. The highest BCUT2D eigenvalue weighted by Crippen LogP contribution is 2.54. The summed E-state index contributed by atoms with van der Waals surface area (Å²) in [7, 11) is -2.22. The minimum atomic E-state index is -4.51. The Kier molecular flexibility index (Phi) is 2.53. The van der Waals surface area contributed by atoms with Crippen LogP contribution in [0.4, 0.5) is 22.0 Å². The Bertz CT molecular complexity index is 785. The van der Waals surface area contributed by atoms with E-state index in [1.54, 1.807) is 0 Å². The number of fused-ring (bicyclic) bond motifs is 3. The molecule has 6 heteroatoms. The molecule has 0 aliphatic rings. The van der Waals surface area contributed by atoms with E-state index in [1.165, 1.54) is 24.3 Å². The van der Waals surface area contributed by atoms with Crippen molar-refractivity contribution in [3.8, 4) is 0 Å². The molecule has 0 bridgehead atoms. The quantitative estimate of drug-likeness (QED) is 0.379. The van der Waals surface area contributed by atoms with E-state index in [9.17, 15) is 22.0 Å². The van der Waals surface area contributed by atoms with E-state index in [0.29, 0.717) is 0 Å². The van der Waals surface area contributed by atoms with Crippen LogP contribution in [0.25, 0.3) is 20.2 Å². The fourth-order valence-electron chi connectivity index (χ4n) is 2.17. The fraction of sp³-hybridized carbons (Fsp3) is 0.0769. The molecule has 0 nitrogen and oxygen atoms in total. The van der Waals surface area contributed by atoms with Crippen LogP contribution in [0.1, 0.15) is 0 Å². The second kappa shape index (κ2) is 3.90. The summed E-state index contributed by atoms with van der Waals surface area (Å²) in [5.74, 6) is -2.36. The van der Waals surface area contributed by atoms with Gasteiger partial charge in [0.1, 0.15) is 10.5 Å². The van der Waals surface area contributed by atoms with Crippen LogP contribution in [0, 0.1) is 11.6 Å². The fourth-order valence-corrected chi connectivity index (χ4v) is 4.12. The Morgan fingerprint density at radius 2 is 1.53 bits per heavy atom. The lowest BCUT2D eigenvalue weighted by Crippen LogP contribution is -1.95. The van der Waals surface area contributed by atoms with Crippen LogP contribution in [0.2, 0.25) is 0 Å². The highest BCUT2D eigenvalue weighted by Gasteiger charge is 2.48. The first kappa shape index (κ1) is 12.3. The van der Waals surface area contributed by atoms with Crippen molar-refractivity contribution in [2.45, 2.75) is 5.51 Å². The average Bonchev–Trinajstić information content (AvgIpc) is 2.68. The monoisotopic (exact) mass is 289 g/mol. The third kappa shape index (κ3) is 1.70. The zero-order valence-electron chi connectivity index (χ0n) is 9.26. The van der Waals surface area contributed by atoms with Crippen molar-refractivity contribution in [2.75, 3.05) is 0 Å². The van der Waals surface area contributed by atoms with Crippen molar-refractivity contribution in [2.24, 2.45) is 0 Å². The maximum absolute atomic E-state index is 13.8. The van der Waals surface area contributed by atoms with Crippen molar-refractivity contribution in [1.82, 2.24) is 0 Å². The van der Waals surface area contributed by atoms with Crippen molar-refractivity contribution in [3.05, 3.63) is 48.0 Å². The molecule has 0 aliphatic heterocycles. The Hall–Kier alpha value is -1.69. The molecule has 0 spiro atoms. The second-order valence-corrected chi connectivity index (χ2v) is 5.94. The second-order valence-electron chi connectivity index (χ2n) is 3.98. The van der Waals surface area contributed by atoms with Gasteiger partial charge in [0.25, 0.3) is 0 Å². The van der Waals surface area contributed by atoms with Gasteiger partial charge >= 0.3 is 5.51 Å². The van der Waals surface area contributed by atoms with Crippen LogP contribution in [0.15, 0.2) is 36.4 Å². The molecule has 1 aromatic heterocycles. The first-order valence-corrected chi connectivity index (χ1v) is 6.52. The molecule has 3 rings (SSSR count). The lowest BCUT2D eigenvalue weighted by Gasteiger charge is -1.96. The van der Waals surface area contributed by atoms with Gasteiger partial charge in [-0.1, -0.05) is 12.1 Å². The Morgan fingerprint density at radius 1 is 0.842 bits per heavy atom. The normalized spacial score (nSPS) is 13.4. The highest BCUT2D eigenvalue weighted by molar-refractivity contribution is 7.43. The molecule has 0 radical (unpaired) electrons. The number of hydrogen-bond acceptors (Lipinski definition) is 0. The summed E-state index contributed by atoms with van der Waals surface area (Å²) >= 11 is 0. The number of thiophene rings is 1. The van der Waals surface area contributed by atoms with Gasteiger partial charge in [-0.2, -0.15) is 0 Å². The summed E-state index contributed by atoms with van der Waals surface area (Å²) in [6.45, 7) is 0. The molecule has 3 aromatic rings. The maximum Gasteiger partial charge on any atom is 0.601 e. The van der Waals surface area contributed by atoms with Gasteiger partial charge in [-0.25, -0.2) is 8.78 Å².